The minimum absolute atomic E-state index is 0.327. The van der Waals surface area contributed by atoms with Crippen molar-refractivity contribution in [2.24, 2.45) is 11.8 Å². The molecule has 6 heteroatoms. The molecule has 6 aliphatic rings. The Balaban J connectivity index is 1.04. The van der Waals surface area contributed by atoms with Crippen molar-refractivity contribution < 1.29 is 4.79 Å². The Bertz CT molecular complexity index is 1200. The van der Waals surface area contributed by atoms with E-state index in [-0.39, 0.29) is 0 Å². The van der Waals surface area contributed by atoms with E-state index in [0.717, 1.165) is 38.3 Å². The zero-order chi connectivity index (χ0) is 24.4. The van der Waals surface area contributed by atoms with Crippen LogP contribution < -0.4 is 4.90 Å². The largest absolute Gasteiger partial charge is 0.366 e. The molecular formula is C30H39N5O. The monoisotopic (exact) mass is 485 g/mol. The Morgan fingerprint density at radius 1 is 1.08 bits per heavy atom. The molecule has 6 nitrogen and oxygen atoms in total. The SMILES string of the molecule is CC(C)N1CCC(C2=CCC(c3cc4c(N5CC6CC(C5)N6C(=O)C5CC5)ccnn4c3)C=C2)CC1. The van der Waals surface area contributed by atoms with Crippen molar-refractivity contribution in [3.63, 3.8) is 0 Å². The Morgan fingerprint density at radius 3 is 2.53 bits per heavy atom. The lowest BCUT2D eigenvalue weighted by molar-refractivity contribution is -0.147. The summed E-state index contributed by atoms with van der Waals surface area (Å²) in [7, 11) is 0. The molecule has 3 atom stereocenters. The van der Waals surface area contributed by atoms with E-state index in [0.29, 0.717) is 35.9 Å². The van der Waals surface area contributed by atoms with Crippen LogP contribution >= 0.6 is 0 Å². The Kier molecular flexibility index (Phi) is 5.49. The van der Waals surface area contributed by atoms with Crippen LogP contribution in [0.3, 0.4) is 0 Å². The van der Waals surface area contributed by atoms with Crippen molar-refractivity contribution in [1.82, 2.24) is 19.4 Å². The number of carbonyl (C=O) groups is 1. The molecule has 2 aromatic rings. The van der Waals surface area contributed by atoms with E-state index in [1.54, 1.807) is 5.57 Å². The average Bonchev–Trinajstić information content (AvgIpc) is 3.67. The number of allylic oxidation sites excluding steroid dienone is 4. The molecule has 8 rings (SSSR count). The molecule has 2 aromatic heterocycles. The van der Waals surface area contributed by atoms with Gasteiger partial charge in [0, 0.05) is 43.4 Å². The van der Waals surface area contributed by atoms with Gasteiger partial charge in [0.2, 0.25) is 5.91 Å². The number of piperidine rings is 2. The van der Waals surface area contributed by atoms with Gasteiger partial charge in [-0.2, -0.15) is 5.10 Å². The molecule has 1 amide bonds. The third-order valence-corrected chi connectivity index (χ3v) is 9.51. The minimum atomic E-state index is 0.327. The van der Waals surface area contributed by atoms with Crippen LogP contribution in [0.2, 0.25) is 0 Å². The molecule has 0 aromatic carbocycles. The first-order chi connectivity index (χ1) is 17.5. The van der Waals surface area contributed by atoms with Gasteiger partial charge in [-0.25, -0.2) is 4.52 Å². The van der Waals surface area contributed by atoms with Gasteiger partial charge in [0.05, 0.1) is 23.3 Å². The molecule has 0 N–H and O–H groups in total. The molecule has 4 aliphatic heterocycles. The number of rotatable bonds is 5. The Hall–Kier alpha value is -2.60. The number of fused-ring (bicyclic) bond motifs is 3. The van der Waals surface area contributed by atoms with Crippen LogP contribution in [0.1, 0.15) is 63.9 Å². The molecule has 0 radical (unpaired) electrons. The van der Waals surface area contributed by atoms with E-state index in [1.807, 2.05) is 6.20 Å². The zero-order valence-corrected chi connectivity index (χ0v) is 21.7. The molecule has 3 unspecified atom stereocenters. The molecule has 190 valence electrons. The van der Waals surface area contributed by atoms with Gasteiger partial charge in [0.15, 0.2) is 0 Å². The summed E-state index contributed by atoms with van der Waals surface area (Å²) < 4.78 is 2.06. The summed E-state index contributed by atoms with van der Waals surface area (Å²) in [5.74, 6) is 1.88. The molecule has 1 saturated carbocycles. The lowest BCUT2D eigenvalue weighted by atomic mass is 9.82. The number of nitrogens with zero attached hydrogens (tertiary/aromatic N) is 5. The highest BCUT2D eigenvalue weighted by molar-refractivity contribution is 5.83. The van der Waals surface area contributed by atoms with Gasteiger partial charge in [-0.05, 0) is 94.6 Å². The molecule has 0 spiro atoms. The number of aromatic nitrogens is 2. The number of carbonyl (C=O) groups excluding carboxylic acids is 1. The van der Waals surface area contributed by atoms with Crippen LogP contribution in [-0.4, -0.2) is 69.6 Å². The average molecular weight is 486 g/mol. The number of amides is 1. The number of likely N-dealkylation sites (tertiary alicyclic amines) is 1. The molecule has 6 heterocycles. The maximum atomic E-state index is 12.7. The second-order valence-electron chi connectivity index (χ2n) is 12.1. The van der Waals surface area contributed by atoms with Crippen LogP contribution in [0, 0.1) is 11.8 Å². The Labute approximate surface area is 214 Å². The van der Waals surface area contributed by atoms with E-state index in [4.69, 9.17) is 0 Å². The molecule has 4 saturated heterocycles. The minimum Gasteiger partial charge on any atom is -0.366 e. The van der Waals surface area contributed by atoms with E-state index >= 15 is 0 Å². The Morgan fingerprint density at radius 2 is 1.86 bits per heavy atom. The lowest BCUT2D eigenvalue weighted by Gasteiger charge is -2.57. The fourth-order valence-electron chi connectivity index (χ4n) is 7.13. The van der Waals surface area contributed by atoms with E-state index in [2.05, 4.69) is 74.7 Å². The molecule has 2 bridgehead atoms. The topological polar surface area (TPSA) is 44.1 Å². The molecule has 36 heavy (non-hydrogen) atoms. The third-order valence-electron chi connectivity index (χ3n) is 9.51. The van der Waals surface area contributed by atoms with E-state index in [9.17, 15) is 4.79 Å². The summed E-state index contributed by atoms with van der Waals surface area (Å²) in [5.41, 5.74) is 5.36. The number of anilines is 1. The van der Waals surface area contributed by atoms with E-state index in [1.165, 1.54) is 49.1 Å². The van der Waals surface area contributed by atoms with Crippen LogP contribution in [0.4, 0.5) is 5.69 Å². The smallest absolute Gasteiger partial charge is 0.226 e. The summed E-state index contributed by atoms with van der Waals surface area (Å²) in [6.45, 7) is 8.96. The van der Waals surface area contributed by atoms with Gasteiger partial charge in [0.1, 0.15) is 0 Å². The second-order valence-corrected chi connectivity index (χ2v) is 12.1. The predicted octanol–water partition coefficient (Wildman–Crippen LogP) is 4.62. The summed E-state index contributed by atoms with van der Waals surface area (Å²) >= 11 is 0. The summed E-state index contributed by atoms with van der Waals surface area (Å²) in [4.78, 5) is 20.0. The first kappa shape index (κ1) is 22.6. The fraction of sp³-hybridized carbons (Fsp3) is 0.600. The van der Waals surface area contributed by atoms with Gasteiger partial charge in [0.25, 0.3) is 0 Å². The second kappa shape index (κ2) is 8.76. The summed E-state index contributed by atoms with van der Waals surface area (Å²) in [5, 5.41) is 4.65. The van der Waals surface area contributed by atoms with Crippen molar-refractivity contribution in [3.8, 4) is 0 Å². The number of piperazine rings is 1. The van der Waals surface area contributed by atoms with Gasteiger partial charge in [-0.15, -0.1) is 0 Å². The van der Waals surface area contributed by atoms with Crippen molar-refractivity contribution in [2.75, 3.05) is 31.1 Å². The maximum absolute atomic E-state index is 12.7. The first-order valence-corrected chi connectivity index (χ1v) is 14.2. The van der Waals surface area contributed by atoms with Gasteiger partial charge in [-0.1, -0.05) is 18.2 Å². The van der Waals surface area contributed by atoms with Gasteiger partial charge < -0.3 is 14.7 Å². The van der Waals surface area contributed by atoms with Gasteiger partial charge >= 0.3 is 0 Å². The van der Waals surface area contributed by atoms with Crippen LogP contribution in [0.5, 0.6) is 0 Å². The number of hydrogen-bond donors (Lipinski definition) is 0. The van der Waals surface area contributed by atoms with Crippen molar-refractivity contribution >= 4 is 17.1 Å². The maximum Gasteiger partial charge on any atom is 0.226 e. The molecule has 2 aliphatic carbocycles. The standard InChI is InChI=1S/C30H39N5O/c1-20(2)32-13-10-23(11-14-32)21-3-5-22(6-4-21)25-15-29-28(9-12-31-34(29)17-25)33-18-26-16-27(19-33)35(26)30(36)24-7-8-24/h3-5,9,12,15,17,20,22-24,26-27H,6-8,10-11,13-14,16,18-19H2,1-2H3. The highest BCUT2D eigenvalue weighted by atomic mass is 16.2. The van der Waals surface area contributed by atoms with Crippen molar-refractivity contribution in [1.29, 1.82) is 0 Å². The number of hydrogen-bond acceptors (Lipinski definition) is 4. The van der Waals surface area contributed by atoms with Crippen molar-refractivity contribution in [2.45, 2.75) is 76.4 Å². The summed E-state index contributed by atoms with van der Waals surface area (Å²) in [6.07, 6.45) is 18.5. The predicted molar refractivity (Wildman–Crippen MR) is 143 cm³/mol. The zero-order valence-electron chi connectivity index (χ0n) is 21.7. The summed E-state index contributed by atoms with van der Waals surface area (Å²) in [6, 6.07) is 5.95. The lowest BCUT2D eigenvalue weighted by Crippen LogP contribution is -2.70. The quantitative estimate of drug-likeness (QED) is 0.620. The van der Waals surface area contributed by atoms with Crippen LogP contribution in [0.25, 0.3) is 5.52 Å². The highest BCUT2D eigenvalue weighted by Gasteiger charge is 2.50. The van der Waals surface area contributed by atoms with E-state index < -0.39 is 0 Å². The normalized spacial score (nSPS) is 29.1. The van der Waals surface area contributed by atoms with Crippen LogP contribution in [-0.2, 0) is 4.79 Å². The highest BCUT2D eigenvalue weighted by Crippen LogP contribution is 2.41. The fourth-order valence-corrected chi connectivity index (χ4v) is 7.13. The third kappa shape index (κ3) is 3.89. The molecule has 5 fully saturated rings. The van der Waals surface area contributed by atoms with Crippen LogP contribution in [0.15, 0.2) is 48.3 Å². The first-order valence-electron chi connectivity index (χ1n) is 14.2. The molecular weight excluding hydrogens is 446 g/mol. The van der Waals surface area contributed by atoms with Gasteiger partial charge in [-0.3, -0.25) is 4.79 Å². The van der Waals surface area contributed by atoms with Crippen molar-refractivity contribution in [3.05, 3.63) is 53.9 Å².